The number of ether oxygens (including phenoxy) is 1. The van der Waals surface area contributed by atoms with Gasteiger partial charge in [-0.15, -0.1) is 0 Å². The van der Waals surface area contributed by atoms with Gasteiger partial charge in [-0.1, -0.05) is 41.7 Å². The third kappa shape index (κ3) is 2.96. The van der Waals surface area contributed by atoms with Crippen LogP contribution in [0.4, 0.5) is 0 Å². The number of allylic oxidation sites excluding steroid dienone is 1. The molecule has 0 spiro atoms. The highest BCUT2D eigenvalue weighted by molar-refractivity contribution is 7.07. The minimum atomic E-state index is -0.589. The fourth-order valence-electron chi connectivity index (χ4n) is 3.15. The molecule has 3 heterocycles. The molecule has 0 bridgehead atoms. The molecular formula is C20H16N2O4S. The lowest BCUT2D eigenvalue weighted by atomic mass is 9.96. The molecule has 0 amide bonds. The van der Waals surface area contributed by atoms with E-state index in [0.29, 0.717) is 26.4 Å². The molecule has 27 heavy (non-hydrogen) atoms. The van der Waals surface area contributed by atoms with Crippen LogP contribution in [0.25, 0.3) is 6.08 Å². The number of furan rings is 1. The van der Waals surface area contributed by atoms with E-state index in [4.69, 9.17) is 9.15 Å². The van der Waals surface area contributed by atoms with Gasteiger partial charge in [-0.25, -0.2) is 9.79 Å². The van der Waals surface area contributed by atoms with Crippen molar-refractivity contribution in [2.45, 2.75) is 13.0 Å². The number of thiazole rings is 1. The Balaban J connectivity index is 2.00. The van der Waals surface area contributed by atoms with E-state index in [1.165, 1.54) is 18.4 Å². The third-order valence-electron chi connectivity index (χ3n) is 4.36. The summed E-state index contributed by atoms with van der Waals surface area (Å²) in [6.07, 6.45) is 3.23. The number of rotatable bonds is 3. The van der Waals surface area contributed by atoms with Gasteiger partial charge in [0.05, 0.1) is 35.2 Å². The van der Waals surface area contributed by atoms with Gasteiger partial charge in [-0.2, -0.15) is 0 Å². The summed E-state index contributed by atoms with van der Waals surface area (Å²) in [6.45, 7) is 1.76. The summed E-state index contributed by atoms with van der Waals surface area (Å²) >= 11 is 1.27. The van der Waals surface area contributed by atoms with E-state index in [1.807, 2.05) is 30.3 Å². The Kier molecular flexibility index (Phi) is 4.37. The maximum atomic E-state index is 13.2. The second kappa shape index (κ2) is 6.85. The van der Waals surface area contributed by atoms with Crippen LogP contribution in [0.1, 0.15) is 24.3 Å². The van der Waals surface area contributed by atoms with Crippen LogP contribution in [0, 0.1) is 0 Å². The number of esters is 1. The lowest BCUT2D eigenvalue weighted by Crippen LogP contribution is -2.39. The molecule has 4 rings (SSSR count). The van der Waals surface area contributed by atoms with Crippen LogP contribution in [0.5, 0.6) is 0 Å². The van der Waals surface area contributed by atoms with Crippen molar-refractivity contribution in [3.05, 3.63) is 91.0 Å². The number of benzene rings is 1. The number of hydrogen-bond acceptors (Lipinski definition) is 6. The molecule has 1 aliphatic rings. The van der Waals surface area contributed by atoms with E-state index in [9.17, 15) is 9.59 Å². The van der Waals surface area contributed by atoms with Crippen molar-refractivity contribution in [1.29, 1.82) is 0 Å². The van der Waals surface area contributed by atoms with Crippen LogP contribution in [0.15, 0.2) is 74.2 Å². The van der Waals surface area contributed by atoms with Gasteiger partial charge in [0.2, 0.25) is 0 Å². The topological polar surface area (TPSA) is 73.8 Å². The summed E-state index contributed by atoms with van der Waals surface area (Å²) in [7, 11) is 1.33. The zero-order valence-corrected chi connectivity index (χ0v) is 15.5. The Morgan fingerprint density at radius 2 is 2.04 bits per heavy atom. The fraction of sp³-hybridized carbons (Fsp3) is 0.150. The molecule has 1 aliphatic heterocycles. The van der Waals surface area contributed by atoms with E-state index >= 15 is 0 Å². The zero-order valence-electron chi connectivity index (χ0n) is 14.7. The smallest absolute Gasteiger partial charge is 0.338 e. The molecule has 1 aromatic carbocycles. The van der Waals surface area contributed by atoms with Crippen molar-refractivity contribution in [1.82, 2.24) is 4.57 Å². The Morgan fingerprint density at radius 1 is 1.26 bits per heavy atom. The average Bonchev–Trinajstić information content (AvgIpc) is 3.29. The summed E-state index contributed by atoms with van der Waals surface area (Å²) in [5.74, 6) is 0.0887. The van der Waals surface area contributed by atoms with Gasteiger partial charge in [-0.05, 0) is 24.6 Å². The van der Waals surface area contributed by atoms with E-state index in [1.54, 1.807) is 36.0 Å². The van der Waals surface area contributed by atoms with Gasteiger partial charge >= 0.3 is 5.97 Å². The molecule has 2 aromatic heterocycles. The quantitative estimate of drug-likeness (QED) is 0.652. The Hall–Kier alpha value is -3.19. The SMILES string of the molecule is COC(=O)C1=C(C)N=c2sc(=Cc3ccco3)c(=O)n2C1c1ccccc1. The Bertz CT molecular complexity index is 1200. The van der Waals surface area contributed by atoms with Crippen LogP contribution in [-0.2, 0) is 9.53 Å². The molecule has 0 N–H and O–H groups in total. The van der Waals surface area contributed by atoms with Gasteiger partial charge in [-0.3, -0.25) is 9.36 Å². The minimum absolute atomic E-state index is 0.224. The third-order valence-corrected chi connectivity index (χ3v) is 5.34. The number of nitrogens with zero attached hydrogens (tertiary/aromatic N) is 2. The van der Waals surface area contributed by atoms with Crippen molar-refractivity contribution in [2.24, 2.45) is 4.99 Å². The van der Waals surface area contributed by atoms with Gasteiger partial charge in [0.1, 0.15) is 5.76 Å². The number of carbonyl (C=O) groups is 1. The van der Waals surface area contributed by atoms with Gasteiger partial charge in [0, 0.05) is 6.08 Å². The van der Waals surface area contributed by atoms with Crippen molar-refractivity contribution in [3.8, 4) is 0 Å². The van der Waals surface area contributed by atoms with Crippen LogP contribution in [0.2, 0.25) is 0 Å². The summed E-state index contributed by atoms with van der Waals surface area (Å²) < 4.78 is 12.3. The molecule has 6 nitrogen and oxygen atoms in total. The monoisotopic (exact) mass is 380 g/mol. The molecule has 0 aliphatic carbocycles. The van der Waals surface area contributed by atoms with E-state index in [0.717, 1.165) is 5.56 Å². The van der Waals surface area contributed by atoms with Gasteiger partial charge < -0.3 is 9.15 Å². The average molecular weight is 380 g/mol. The number of aromatic nitrogens is 1. The van der Waals surface area contributed by atoms with E-state index < -0.39 is 12.0 Å². The molecule has 136 valence electrons. The van der Waals surface area contributed by atoms with Crippen LogP contribution < -0.4 is 14.9 Å². The summed E-state index contributed by atoms with van der Waals surface area (Å²) in [5, 5.41) is 0. The molecular weight excluding hydrogens is 364 g/mol. The number of fused-ring (bicyclic) bond motifs is 1. The Morgan fingerprint density at radius 3 is 2.70 bits per heavy atom. The number of carbonyl (C=O) groups excluding carboxylic acids is 1. The van der Waals surface area contributed by atoms with Crippen LogP contribution in [-0.4, -0.2) is 17.6 Å². The lowest BCUT2D eigenvalue weighted by molar-refractivity contribution is -0.136. The molecule has 0 saturated heterocycles. The van der Waals surface area contributed by atoms with Gasteiger partial charge in [0.25, 0.3) is 5.56 Å². The highest BCUT2D eigenvalue weighted by Crippen LogP contribution is 2.30. The summed E-state index contributed by atoms with van der Waals surface area (Å²) in [4.78, 5) is 30.7. The molecule has 7 heteroatoms. The van der Waals surface area contributed by atoms with Crippen LogP contribution >= 0.6 is 11.3 Å². The second-order valence-corrected chi connectivity index (χ2v) is 7.01. The molecule has 1 atom stereocenters. The first kappa shape index (κ1) is 17.2. The van der Waals surface area contributed by atoms with Crippen molar-refractivity contribution in [3.63, 3.8) is 0 Å². The molecule has 0 saturated carbocycles. The first-order valence-corrected chi connectivity index (χ1v) is 9.11. The predicted molar refractivity (Wildman–Crippen MR) is 101 cm³/mol. The first-order valence-electron chi connectivity index (χ1n) is 8.29. The minimum Gasteiger partial charge on any atom is -0.466 e. The summed E-state index contributed by atoms with van der Waals surface area (Å²) in [5.41, 5.74) is 1.50. The number of methoxy groups -OCH3 is 1. The standard InChI is InChI=1S/C20H16N2O4S/c1-12-16(19(24)25-2)17(13-7-4-3-5-8-13)22-18(23)15(27-20(22)21-12)11-14-9-6-10-26-14/h3-11,17H,1-2H3. The molecule has 0 radical (unpaired) electrons. The maximum Gasteiger partial charge on any atom is 0.338 e. The van der Waals surface area contributed by atoms with Crippen molar-refractivity contribution >= 4 is 23.4 Å². The van der Waals surface area contributed by atoms with Crippen molar-refractivity contribution < 1.29 is 13.9 Å². The molecule has 3 aromatic rings. The van der Waals surface area contributed by atoms with E-state index in [-0.39, 0.29) is 5.56 Å². The summed E-state index contributed by atoms with van der Waals surface area (Å²) in [6, 6.07) is 12.3. The second-order valence-electron chi connectivity index (χ2n) is 6.00. The van der Waals surface area contributed by atoms with Gasteiger partial charge in [0.15, 0.2) is 4.80 Å². The lowest BCUT2D eigenvalue weighted by Gasteiger charge is -2.24. The largest absolute Gasteiger partial charge is 0.466 e. The maximum absolute atomic E-state index is 13.2. The normalized spacial score (nSPS) is 16.8. The van der Waals surface area contributed by atoms with Crippen LogP contribution in [0.3, 0.4) is 0 Å². The Labute approximate surface area is 158 Å². The predicted octanol–water partition coefficient (Wildman–Crippen LogP) is 2.00. The molecule has 1 unspecified atom stereocenters. The van der Waals surface area contributed by atoms with Crippen molar-refractivity contribution in [2.75, 3.05) is 7.11 Å². The number of hydrogen-bond donors (Lipinski definition) is 0. The molecule has 0 fully saturated rings. The highest BCUT2D eigenvalue weighted by Gasteiger charge is 2.32. The van der Waals surface area contributed by atoms with E-state index in [2.05, 4.69) is 4.99 Å². The first-order chi connectivity index (χ1) is 13.1. The highest BCUT2D eigenvalue weighted by atomic mass is 32.1. The fourth-order valence-corrected chi connectivity index (χ4v) is 4.17. The zero-order chi connectivity index (χ0) is 19.0.